The van der Waals surface area contributed by atoms with Crippen LogP contribution in [-0.2, 0) is 10.2 Å². The summed E-state index contributed by atoms with van der Waals surface area (Å²) < 4.78 is 60.4. The maximum absolute atomic E-state index is 15.7. The van der Waals surface area contributed by atoms with Crippen molar-refractivity contribution in [3.05, 3.63) is 59.2 Å². The first kappa shape index (κ1) is 37.0. The molecule has 9 rings (SSSR count). The van der Waals surface area contributed by atoms with Gasteiger partial charge in [-0.25, -0.2) is 27.5 Å². The van der Waals surface area contributed by atoms with Gasteiger partial charge in [0.1, 0.15) is 11.1 Å². The summed E-state index contributed by atoms with van der Waals surface area (Å²) in [5, 5.41) is 5.28. The van der Waals surface area contributed by atoms with Crippen molar-refractivity contribution in [2.75, 3.05) is 23.3 Å². The van der Waals surface area contributed by atoms with Crippen molar-refractivity contribution in [3.8, 4) is 11.3 Å². The van der Waals surface area contributed by atoms with Crippen LogP contribution < -0.4 is 15.5 Å². The predicted molar refractivity (Wildman–Crippen MR) is 205 cm³/mol. The molecule has 2 unspecified atom stereocenters. The number of anilines is 3. The molecule has 56 heavy (non-hydrogen) atoms. The number of hydrogen-bond acceptors (Lipinski definition) is 7. The SMILES string of the molecule is Cc1c(C(=O)NC2(C(F)F)CC2)cc(Nc2nc(-c3cnc4c(c3)N(C3CC(C)(N5CC6CCC(C6)C5)C3)C(=O)C4(C)C)cc3ncn(C(C)C)c23)c(F)c1F. The van der Waals surface area contributed by atoms with Crippen LogP contribution in [-0.4, -0.2) is 72.9 Å². The maximum atomic E-state index is 15.7. The van der Waals surface area contributed by atoms with Crippen molar-refractivity contribution in [1.82, 2.24) is 29.7 Å². The van der Waals surface area contributed by atoms with Crippen molar-refractivity contribution < 1.29 is 27.2 Å². The molecular weight excluding hydrogens is 725 g/mol. The van der Waals surface area contributed by atoms with Gasteiger partial charge in [0.2, 0.25) is 5.91 Å². The summed E-state index contributed by atoms with van der Waals surface area (Å²) in [6, 6.07) is 4.80. The van der Waals surface area contributed by atoms with Gasteiger partial charge in [0.15, 0.2) is 17.5 Å². The number of benzene rings is 1. The maximum Gasteiger partial charge on any atom is 0.261 e. The molecule has 4 aromatic rings. The number of alkyl halides is 2. The standard InChI is InChI=1S/C42H48F4N8O2/c1-21(2)53-20-48-30-14-28(49-36(34(30)53)50-29-13-27(22(3)32(43)33(29)44)37(55)51-42(9-10-42)38(45)46)25-12-31-35(47-17-25)40(4,5)39(56)54(31)26-15-41(6,16-26)52-18-23-7-8-24(11-23)19-52/h12-14,17,20-21,23-24,26,38H,7-11,15-16,18-19H2,1-6H3,(H,49,50)(H,51,55). The lowest BCUT2D eigenvalue weighted by Gasteiger charge is -2.56. The number of imidazole rings is 1. The first-order valence-electron chi connectivity index (χ1n) is 19.8. The number of piperidine rings is 1. The number of nitrogens with zero attached hydrogens (tertiary/aromatic N) is 6. The van der Waals surface area contributed by atoms with Crippen molar-refractivity contribution in [2.45, 2.75) is 121 Å². The monoisotopic (exact) mass is 772 g/mol. The number of hydrogen-bond donors (Lipinski definition) is 2. The molecule has 14 heteroatoms. The van der Waals surface area contributed by atoms with Crippen LogP contribution in [0.3, 0.4) is 0 Å². The van der Waals surface area contributed by atoms with Crippen molar-refractivity contribution in [2.24, 2.45) is 11.8 Å². The molecule has 2 N–H and O–H groups in total. The fourth-order valence-electron chi connectivity index (χ4n) is 9.86. The van der Waals surface area contributed by atoms with Gasteiger partial charge in [-0.3, -0.25) is 19.5 Å². The third-order valence-electron chi connectivity index (χ3n) is 13.5. The smallest absolute Gasteiger partial charge is 0.261 e. The minimum atomic E-state index is -2.79. The van der Waals surface area contributed by atoms with Gasteiger partial charge in [-0.2, -0.15) is 0 Å². The molecular formula is C42H48F4N8O2. The Morgan fingerprint density at radius 3 is 2.32 bits per heavy atom. The van der Waals surface area contributed by atoms with Gasteiger partial charge in [-0.05, 0) is 117 Å². The van der Waals surface area contributed by atoms with Gasteiger partial charge in [0, 0.05) is 53.6 Å². The summed E-state index contributed by atoms with van der Waals surface area (Å²) in [4.78, 5) is 46.4. The fraction of sp³-hybridized carbons (Fsp3) is 0.548. The number of halogens is 4. The number of carbonyl (C=O) groups excluding carboxylic acids is 2. The quantitative estimate of drug-likeness (QED) is 0.165. The molecule has 2 amide bonds. The Labute approximate surface area is 323 Å². The number of aromatic nitrogens is 4. The number of nitrogens with one attached hydrogen (secondary N) is 2. The number of carbonyl (C=O) groups is 2. The molecule has 296 valence electrons. The van der Waals surface area contributed by atoms with Crippen LogP contribution in [0.25, 0.3) is 22.3 Å². The Hall–Kier alpha value is -4.59. The summed E-state index contributed by atoms with van der Waals surface area (Å²) in [7, 11) is 0. The van der Waals surface area contributed by atoms with E-state index in [1.807, 2.05) is 43.2 Å². The highest BCUT2D eigenvalue weighted by Crippen LogP contribution is 2.51. The van der Waals surface area contributed by atoms with E-state index in [1.54, 1.807) is 18.6 Å². The van der Waals surface area contributed by atoms with Gasteiger partial charge < -0.3 is 20.1 Å². The molecule has 1 aromatic carbocycles. The van der Waals surface area contributed by atoms with Gasteiger partial charge in [0.05, 0.1) is 40.0 Å². The zero-order valence-electron chi connectivity index (χ0n) is 32.6. The topological polar surface area (TPSA) is 108 Å². The zero-order chi connectivity index (χ0) is 39.6. The summed E-state index contributed by atoms with van der Waals surface area (Å²) in [6.07, 6.45) is 6.44. The highest BCUT2D eigenvalue weighted by atomic mass is 19.3. The van der Waals surface area contributed by atoms with E-state index in [9.17, 15) is 18.4 Å². The second-order valence-electron chi connectivity index (χ2n) is 18.1. The molecule has 4 fully saturated rings. The second kappa shape index (κ2) is 12.7. The van der Waals surface area contributed by atoms with E-state index in [-0.39, 0.29) is 59.0 Å². The molecule has 0 spiro atoms. The average Bonchev–Trinajstić information content (AvgIpc) is 3.60. The van der Waals surface area contributed by atoms with E-state index in [0.717, 1.165) is 49.5 Å². The van der Waals surface area contributed by atoms with Crippen LogP contribution in [0.15, 0.2) is 30.7 Å². The van der Waals surface area contributed by atoms with Gasteiger partial charge >= 0.3 is 0 Å². The molecule has 5 aliphatic rings. The molecule has 0 radical (unpaired) electrons. The van der Waals surface area contributed by atoms with Crippen LogP contribution in [0.1, 0.15) is 107 Å². The molecule has 3 aromatic heterocycles. The van der Waals surface area contributed by atoms with Crippen molar-refractivity contribution >= 4 is 40.0 Å². The van der Waals surface area contributed by atoms with Crippen LogP contribution in [0, 0.1) is 30.4 Å². The predicted octanol–water partition coefficient (Wildman–Crippen LogP) is 8.21. The second-order valence-corrected chi connectivity index (χ2v) is 18.1. The van der Waals surface area contributed by atoms with Crippen molar-refractivity contribution in [3.63, 3.8) is 0 Å². The highest BCUT2D eigenvalue weighted by Gasteiger charge is 2.56. The highest BCUT2D eigenvalue weighted by molar-refractivity contribution is 6.08. The first-order chi connectivity index (χ1) is 26.5. The fourth-order valence-corrected chi connectivity index (χ4v) is 9.86. The summed E-state index contributed by atoms with van der Waals surface area (Å²) >= 11 is 0. The van der Waals surface area contributed by atoms with Gasteiger partial charge in [0.25, 0.3) is 12.3 Å². The van der Waals surface area contributed by atoms with Crippen LogP contribution in [0.2, 0.25) is 0 Å². The van der Waals surface area contributed by atoms with E-state index in [1.165, 1.54) is 26.2 Å². The summed E-state index contributed by atoms with van der Waals surface area (Å²) in [5.74, 6) is -1.73. The lowest BCUT2D eigenvalue weighted by atomic mass is 9.70. The summed E-state index contributed by atoms with van der Waals surface area (Å²) in [5.41, 5.74) is 0.109. The molecule has 3 saturated carbocycles. The first-order valence-corrected chi connectivity index (χ1v) is 19.8. The number of likely N-dealkylation sites (tertiary alicyclic amines) is 1. The van der Waals surface area contributed by atoms with Crippen LogP contribution >= 0.6 is 0 Å². The minimum Gasteiger partial charge on any atom is -0.341 e. The summed E-state index contributed by atoms with van der Waals surface area (Å²) in [6.45, 7) is 13.6. The van der Waals surface area contributed by atoms with E-state index < -0.39 is 34.9 Å². The van der Waals surface area contributed by atoms with Crippen molar-refractivity contribution in [1.29, 1.82) is 0 Å². The Balaban J connectivity index is 1.07. The Morgan fingerprint density at radius 2 is 1.68 bits per heavy atom. The van der Waals surface area contributed by atoms with E-state index in [0.29, 0.717) is 28.0 Å². The molecule has 2 atom stereocenters. The number of pyridine rings is 2. The lowest BCUT2D eigenvalue weighted by molar-refractivity contribution is -0.124. The third-order valence-corrected chi connectivity index (χ3v) is 13.5. The van der Waals surface area contributed by atoms with E-state index >= 15 is 8.78 Å². The van der Waals surface area contributed by atoms with Crippen LogP contribution in [0.5, 0.6) is 0 Å². The van der Waals surface area contributed by atoms with E-state index in [2.05, 4.69) is 27.4 Å². The Kier molecular flexibility index (Phi) is 8.40. The van der Waals surface area contributed by atoms with Gasteiger partial charge in [-0.1, -0.05) is 0 Å². The zero-order valence-corrected chi connectivity index (χ0v) is 32.6. The molecule has 5 heterocycles. The lowest BCUT2D eigenvalue weighted by Crippen LogP contribution is -2.65. The molecule has 10 nitrogen and oxygen atoms in total. The number of rotatable bonds is 9. The molecule has 2 aliphatic heterocycles. The molecule has 2 bridgehead atoms. The van der Waals surface area contributed by atoms with Crippen LogP contribution in [0.4, 0.5) is 34.8 Å². The normalized spacial score (nSPS) is 26.2. The third kappa shape index (κ3) is 5.71. The minimum absolute atomic E-state index is 0.0160. The van der Waals surface area contributed by atoms with Gasteiger partial charge in [-0.15, -0.1) is 0 Å². The average molecular weight is 773 g/mol. The Bertz CT molecular complexity index is 2280. The molecule has 3 aliphatic carbocycles. The molecule has 1 saturated heterocycles. The Morgan fingerprint density at radius 1 is 0.982 bits per heavy atom. The van der Waals surface area contributed by atoms with E-state index in [4.69, 9.17) is 9.97 Å². The number of amides is 2. The largest absolute Gasteiger partial charge is 0.341 e. The number of fused-ring (bicyclic) bond motifs is 4.